The van der Waals surface area contributed by atoms with Gasteiger partial charge in [0, 0.05) is 18.8 Å². The number of fused-ring (bicyclic) bond motifs is 1. The van der Waals surface area contributed by atoms with Crippen LogP contribution in [-0.4, -0.2) is 27.2 Å². The van der Waals surface area contributed by atoms with E-state index in [1.54, 1.807) is 4.52 Å². The molecule has 0 aliphatic heterocycles. The van der Waals surface area contributed by atoms with Gasteiger partial charge in [0.2, 0.25) is 5.95 Å². The van der Waals surface area contributed by atoms with Crippen LogP contribution in [-0.2, 0) is 0 Å². The number of aromatic nitrogens is 3. The van der Waals surface area contributed by atoms with Crippen LogP contribution in [0.2, 0.25) is 0 Å². The molecular weight excluding hydrogens is 178 g/mol. The largest absolute Gasteiger partial charge is 0.351 e. The minimum absolute atomic E-state index is 0.0987. The van der Waals surface area contributed by atoms with E-state index >= 15 is 0 Å². The first-order chi connectivity index (χ1) is 6.75. The molecule has 0 aliphatic carbocycles. The summed E-state index contributed by atoms with van der Waals surface area (Å²) in [6.45, 7) is 2.61. The predicted molar refractivity (Wildman–Crippen MR) is 55.1 cm³/mol. The van der Waals surface area contributed by atoms with Gasteiger partial charge in [-0.3, -0.25) is 0 Å². The molecule has 1 unspecified atom stereocenters. The van der Waals surface area contributed by atoms with E-state index in [9.17, 15) is 0 Å². The van der Waals surface area contributed by atoms with Crippen molar-refractivity contribution >= 4 is 11.6 Å². The Morgan fingerprint density at radius 3 is 3.14 bits per heavy atom. The van der Waals surface area contributed by atoms with Gasteiger partial charge in [-0.05, 0) is 19.1 Å². The van der Waals surface area contributed by atoms with Crippen molar-refractivity contribution in [1.82, 2.24) is 14.6 Å². The highest BCUT2D eigenvalue weighted by Crippen LogP contribution is 2.03. The molecule has 14 heavy (non-hydrogen) atoms. The SMILES string of the molecule is CC(N)CNc1nc2ccccn2n1. The van der Waals surface area contributed by atoms with Crippen molar-refractivity contribution < 1.29 is 0 Å². The van der Waals surface area contributed by atoms with E-state index in [2.05, 4.69) is 15.4 Å². The first-order valence-corrected chi connectivity index (χ1v) is 4.56. The minimum Gasteiger partial charge on any atom is -0.351 e. The monoisotopic (exact) mass is 191 g/mol. The summed E-state index contributed by atoms with van der Waals surface area (Å²) in [5.74, 6) is 0.619. The molecule has 2 aromatic rings. The van der Waals surface area contributed by atoms with Gasteiger partial charge in [0.15, 0.2) is 5.65 Å². The fourth-order valence-electron chi connectivity index (χ4n) is 1.16. The number of nitrogens with two attached hydrogens (primary N) is 1. The molecule has 0 bridgehead atoms. The van der Waals surface area contributed by atoms with Crippen molar-refractivity contribution in [3.05, 3.63) is 24.4 Å². The number of rotatable bonds is 3. The fraction of sp³-hybridized carbons (Fsp3) is 0.333. The molecule has 0 amide bonds. The van der Waals surface area contributed by atoms with E-state index in [1.807, 2.05) is 31.3 Å². The molecule has 5 heteroatoms. The lowest BCUT2D eigenvalue weighted by Crippen LogP contribution is -2.25. The summed E-state index contributed by atoms with van der Waals surface area (Å²) in [5, 5.41) is 7.29. The van der Waals surface area contributed by atoms with Crippen LogP contribution in [0.4, 0.5) is 5.95 Å². The fourth-order valence-corrected chi connectivity index (χ4v) is 1.16. The van der Waals surface area contributed by atoms with Crippen molar-refractivity contribution in [2.24, 2.45) is 5.73 Å². The van der Waals surface area contributed by atoms with Crippen LogP contribution < -0.4 is 11.1 Å². The molecule has 74 valence electrons. The third kappa shape index (κ3) is 1.82. The number of nitrogens with zero attached hydrogens (tertiary/aromatic N) is 3. The summed E-state index contributed by atoms with van der Waals surface area (Å²) in [4.78, 5) is 4.27. The van der Waals surface area contributed by atoms with Gasteiger partial charge in [-0.1, -0.05) is 6.07 Å². The summed E-state index contributed by atoms with van der Waals surface area (Å²) in [6.07, 6.45) is 1.86. The molecule has 2 heterocycles. The quantitative estimate of drug-likeness (QED) is 0.740. The molecule has 0 saturated heterocycles. The highest BCUT2D eigenvalue weighted by atomic mass is 15.3. The number of hydrogen-bond acceptors (Lipinski definition) is 4. The summed E-state index contributed by atoms with van der Waals surface area (Å²) in [7, 11) is 0. The maximum atomic E-state index is 5.61. The lowest BCUT2D eigenvalue weighted by molar-refractivity contribution is 0.772. The van der Waals surface area contributed by atoms with Crippen molar-refractivity contribution in [2.45, 2.75) is 13.0 Å². The summed E-state index contributed by atoms with van der Waals surface area (Å²) < 4.78 is 1.73. The van der Waals surface area contributed by atoms with E-state index in [4.69, 9.17) is 5.73 Å². The Hall–Kier alpha value is -1.62. The van der Waals surface area contributed by atoms with E-state index < -0.39 is 0 Å². The normalized spacial score (nSPS) is 13.0. The van der Waals surface area contributed by atoms with E-state index in [0.717, 1.165) is 5.65 Å². The topological polar surface area (TPSA) is 68.2 Å². The average Bonchev–Trinajstić information content (AvgIpc) is 2.57. The van der Waals surface area contributed by atoms with Crippen LogP contribution in [0.15, 0.2) is 24.4 Å². The van der Waals surface area contributed by atoms with Crippen LogP contribution in [0.25, 0.3) is 5.65 Å². The molecule has 0 aliphatic rings. The lowest BCUT2D eigenvalue weighted by atomic mass is 10.4. The second kappa shape index (κ2) is 3.63. The van der Waals surface area contributed by atoms with Gasteiger partial charge < -0.3 is 11.1 Å². The smallest absolute Gasteiger partial charge is 0.243 e. The molecule has 2 rings (SSSR count). The predicted octanol–water partition coefficient (Wildman–Crippen LogP) is 0.488. The Bertz CT molecular complexity index is 387. The van der Waals surface area contributed by atoms with Gasteiger partial charge in [0.1, 0.15) is 0 Å². The molecule has 3 N–H and O–H groups in total. The Labute approximate surface area is 81.9 Å². The van der Waals surface area contributed by atoms with Gasteiger partial charge in [0.25, 0.3) is 0 Å². The maximum Gasteiger partial charge on any atom is 0.243 e. The van der Waals surface area contributed by atoms with Gasteiger partial charge in [-0.15, -0.1) is 5.10 Å². The van der Waals surface area contributed by atoms with Gasteiger partial charge in [0.05, 0.1) is 0 Å². The van der Waals surface area contributed by atoms with Crippen LogP contribution in [0, 0.1) is 0 Å². The Morgan fingerprint density at radius 2 is 2.43 bits per heavy atom. The molecule has 0 spiro atoms. The van der Waals surface area contributed by atoms with Crippen molar-refractivity contribution in [2.75, 3.05) is 11.9 Å². The molecule has 0 radical (unpaired) electrons. The number of nitrogens with one attached hydrogen (secondary N) is 1. The van der Waals surface area contributed by atoms with Crippen molar-refractivity contribution in [3.8, 4) is 0 Å². The summed E-state index contributed by atoms with van der Waals surface area (Å²) in [5.41, 5.74) is 6.44. The Balaban J connectivity index is 2.19. The molecule has 5 nitrogen and oxygen atoms in total. The van der Waals surface area contributed by atoms with Gasteiger partial charge in [-0.2, -0.15) is 4.98 Å². The first-order valence-electron chi connectivity index (χ1n) is 4.56. The lowest BCUT2D eigenvalue weighted by Gasteiger charge is -2.03. The van der Waals surface area contributed by atoms with Crippen LogP contribution in [0.1, 0.15) is 6.92 Å². The molecule has 1 atom stereocenters. The zero-order valence-electron chi connectivity index (χ0n) is 8.01. The zero-order valence-corrected chi connectivity index (χ0v) is 8.01. The van der Waals surface area contributed by atoms with Crippen molar-refractivity contribution in [3.63, 3.8) is 0 Å². The second-order valence-electron chi connectivity index (χ2n) is 3.30. The van der Waals surface area contributed by atoms with E-state index in [-0.39, 0.29) is 6.04 Å². The van der Waals surface area contributed by atoms with Crippen molar-refractivity contribution in [1.29, 1.82) is 0 Å². The minimum atomic E-state index is 0.0987. The van der Waals surface area contributed by atoms with Gasteiger partial charge in [-0.25, -0.2) is 4.52 Å². The van der Waals surface area contributed by atoms with E-state index in [1.165, 1.54) is 0 Å². The van der Waals surface area contributed by atoms with Crippen LogP contribution in [0.5, 0.6) is 0 Å². The molecule has 0 fully saturated rings. The van der Waals surface area contributed by atoms with Gasteiger partial charge >= 0.3 is 0 Å². The summed E-state index contributed by atoms with van der Waals surface area (Å²) in [6, 6.07) is 5.85. The zero-order chi connectivity index (χ0) is 9.97. The maximum absolute atomic E-state index is 5.61. The standard InChI is InChI=1S/C9H13N5/c1-7(10)6-11-9-12-8-4-2-3-5-14(8)13-9/h2-5,7H,6,10H2,1H3,(H,11,13). The third-order valence-corrected chi connectivity index (χ3v) is 1.82. The van der Waals surface area contributed by atoms with E-state index in [0.29, 0.717) is 12.5 Å². The first kappa shape index (κ1) is 8.96. The second-order valence-corrected chi connectivity index (χ2v) is 3.30. The summed E-state index contributed by atoms with van der Waals surface area (Å²) >= 11 is 0. The molecule has 0 saturated carbocycles. The van der Waals surface area contributed by atoms with Crippen LogP contribution in [0.3, 0.4) is 0 Å². The molecular formula is C9H13N5. The highest BCUT2D eigenvalue weighted by molar-refractivity contribution is 5.42. The number of anilines is 1. The number of pyridine rings is 1. The Kier molecular flexibility index (Phi) is 2.32. The highest BCUT2D eigenvalue weighted by Gasteiger charge is 2.01. The molecule has 0 aromatic carbocycles. The third-order valence-electron chi connectivity index (χ3n) is 1.82. The van der Waals surface area contributed by atoms with Crippen LogP contribution >= 0.6 is 0 Å². The number of hydrogen-bond donors (Lipinski definition) is 2. The average molecular weight is 191 g/mol. The molecule has 2 aromatic heterocycles. The Morgan fingerprint density at radius 1 is 1.57 bits per heavy atom.